The molecule has 0 radical (unpaired) electrons. The number of anilines is 1. The van der Waals surface area contributed by atoms with E-state index in [1.54, 1.807) is 24.7 Å². The van der Waals surface area contributed by atoms with Crippen molar-refractivity contribution in [2.24, 2.45) is 0 Å². The third-order valence-corrected chi connectivity index (χ3v) is 5.01. The Balaban J connectivity index is 1.56. The molecule has 7 heteroatoms. The van der Waals surface area contributed by atoms with E-state index in [-0.39, 0.29) is 6.10 Å². The summed E-state index contributed by atoms with van der Waals surface area (Å²) >= 11 is 12.5. The van der Waals surface area contributed by atoms with Crippen LogP contribution in [0.15, 0.2) is 67.3 Å². The minimum Gasteiger partial charge on any atom is -0.382 e. The minimum atomic E-state index is -0.995. The summed E-state index contributed by atoms with van der Waals surface area (Å²) in [6.45, 7) is 1.52. The molecule has 2 atom stereocenters. The van der Waals surface area contributed by atoms with Crippen molar-refractivity contribution in [2.75, 3.05) is 18.5 Å². The molecule has 5 nitrogen and oxygen atoms in total. The molecule has 1 aromatic heterocycles. The molecule has 1 fully saturated rings. The van der Waals surface area contributed by atoms with Crippen molar-refractivity contribution in [3.8, 4) is 0 Å². The Kier molecular flexibility index (Phi) is 5.36. The van der Waals surface area contributed by atoms with Gasteiger partial charge in [-0.25, -0.2) is 4.98 Å². The number of imidazole rings is 1. The van der Waals surface area contributed by atoms with Crippen LogP contribution in [0.3, 0.4) is 0 Å². The normalized spacial score (nSPS) is 22.1. The molecule has 2 heterocycles. The monoisotopic (exact) mass is 403 g/mol. The van der Waals surface area contributed by atoms with Gasteiger partial charge in [-0.05, 0) is 24.3 Å². The summed E-state index contributed by atoms with van der Waals surface area (Å²) in [7, 11) is 0. The highest BCUT2D eigenvalue weighted by atomic mass is 35.5. The SMILES string of the molecule is Clc1ccc(C2(Cn3ccnc3)OCC(CNc3ccccc3)O2)c(Cl)c1. The first-order valence-electron chi connectivity index (χ1n) is 8.67. The Morgan fingerprint density at radius 1 is 1.19 bits per heavy atom. The van der Waals surface area contributed by atoms with Gasteiger partial charge in [0.1, 0.15) is 6.10 Å². The molecule has 1 aliphatic rings. The Bertz CT molecular complexity index is 890. The van der Waals surface area contributed by atoms with E-state index in [1.165, 1.54) is 0 Å². The van der Waals surface area contributed by atoms with Crippen molar-refractivity contribution in [3.63, 3.8) is 0 Å². The highest BCUT2D eigenvalue weighted by Crippen LogP contribution is 2.40. The van der Waals surface area contributed by atoms with Crippen molar-refractivity contribution in [1.29, 1.82) is 0 Å². The van der Waals surface area contributed by atoms with Crippen LogP contribution in [-0.4, -0.2) is 28.8 Å². The lowest BCUT2D eigenvalue weighted by atomic mass is 10.1. The van der Waals surface area contributed by atoms with Gasteiger partial charge in [0.25, 0.3) is 0 Å². The second-order valence-electron chi connectivity index (χ2n) is 6.41. The topological polar surface area (TPSA) is 48.3 Å². The highest BCUT2D eigenvalue weighted by molar-refractivity contribution is 6.35. The van der Waals surface area contributed by atoms with E-state index >= 15 is 0 Å². The van der Waals surface area contributed by atoms with E-state index in [0.29, 0.717) is 29.7 Å². The van der Waals surface area contributed by atoms with E-state index in [2.05, 4.69) is 10.3 Å². The average Bonchev–Trinajstić information content (AvgIpc) is 3.32. The number of hydrogen-bond donors (Lipinski definition) is 1. The number of nitrogens with zero attached hydrogens (tertiary/aromatic N) is 2. The van der Waals surface area contributed by atoms with E-state index in [1.807, 2.05) is 47.2 Å². The van der Waals surface area contributed by atoms with Gasteiger partial charge < -0.3 is 19.4 Å². The summed E-state index contributed by atoms with van der Waals surface area (Å²) in [5, 5.41) is 4.46. The number of halogens is 2. The van der Waals surface area contributed by atoms with Crippen molar-refractivity contribution < 1.29 is 9.47 Å². The molecule has 0 amide bonds. The van der Waals surface area contributed by atoms with Gasteiger partial charge in [0.05, 0.1) is 24.5 Å². The van der Waals surface area contributed by atoms with Crippen LogP contribution in [0.1, 0.15) is 5.56 Å². The maximum Gasteiger partial charge on any atom is 0.215 e. The first-order valence-corrected chi connectivity index (χ1v) is 9.42. The number of nitrogens with one attached hydrogen (secondary N) is 1. The average molecular weight is 404 g/mol. The molecule has 2 aromatic carbocycles. The lowest BCUT2D eigenvalue weighted by Crippen LogP contribution is -2.34. The van der Waals surface area contributed by atoms with Gasteiger partial charge in [0.2, 0.25) is 5.79 Å². The zero-order chi connectivity index (χ0) is 18.7. The number of rotatable bonds is 6. The lowest BCUT2D eigenvalue weighted by Gasteiger charge is -2.30. The first kappa shape index (κ1) is 18.3. The summed E-state index contributed by atoms with van der Waals surface area (Å²) in [4.78, 5) is 4.11. The molecule has 1 aliphatic heterocycles. The van der Waals surface area contributed by atoms with Crippen LogP contribution in [0.4, 0.5) is 5.69 Å². The summed E-state index contributed by atoms with van der Waals surface area (Å²) < 4.78 is 14.5. The maximum atomic E-state index is 6.47. The summed E-state index contributed by atoms with van der Waals surface area (Å²) in [5.41, 5.74) is 1.79. The predicted octanol–water partition coefficient (Wildman–Crippen LogP) is 4.57. The molecule has 0 spiro atoms. The molecule has 4 rings (SSSR count). The van der Waals surface area contributed by atoms with Crippen molar-refractivity contribution in [3.05, 3.63) is 82.9 Å². The summed E-state index contributed by atoms with van der Waals surface area (Å²) in [6.07, 6.45) is 5.20. The van der Waals surface area contributed by atoms with Crippen LogP contribution in [0.25, 0.3) is 0 Å². The Hall–Kier alpha value is -2.05. The maximum absolute atomic E-state index is 6.47. The van der Waals surface area contributed by atoms with Gasteiger partial charge in [-0.15, -0.1) is 0 Å². The van der Waals surface area contributed by atoms with Crippen LogP contribution in [0.5, 0.6) is 0 Å². The molecule has 140 valence electrons. The molecule has 1 saturated heterocycles. The van der Waals surface area contributed by atoms with Crippen LogP contribution in [0, 0.1) is 0 Å². The number of aromatic nitrogens is 2. The lowest BCUT2D eigenvalue weighted by molar-refractivity contribution is -0.185. The second-order valence-corrected chi connectivity index (χ2v) is 7.25. The number of para-hydroxylation sites is 1. The van der Waals surface area contributed by atoms with E-state index in [4.69, 9.17) is 32.7 Å². The Labute approximate surface area is 167 Å². The van der Waals surface area contributed by atoms with Gasteiger partial charge in [0, 0.05) is 35.2 Å². The van der Waals surface area contributed by atoms with Crippen LogP contribution < -0.4 is 5.32 Å². The summed E-state index contributed by atoms with van der Waals surface area (Å²) in [5.74, 6) is -0.995. The van der Waals surface area contributed by atoms with Gasteiger partial charge in [-0.1, -0.05) is 47.5 Å². The smallest absolute Gasteiger partial charge is 0.215 e. The van der Waals surface area contributed by atoms with Gasteiger partial charge in [-0.3, -0.25) is 0 Å². The molecule has 0 aliphatic carbocycles. The van der Waals surface area contributed by atoms with Gasteiger partial charge in [0.15, 0.2) is 0 Å². The van der Waals surface area contributed by atoms with Crippen LogP contribution >= 0.6 is 23.2 Å². The number of ether oxygens (including phenoxy) is 2. The molecule has 27 heavy (non-hydrogen) atoms. The van der Waals surface area contributed by atoms with Gasteiger partial charge in [-0.2, -0.15) is 0 Å². The number of hydrogen-bond acceptors (Lipinski definition) is 4. The Morgan fingerprint density at radius 2 is 2.04 bits per heavy atom. The first-order chi connectivity index (χ1) is 13.1. The highest BCUT2D eigenvalue weighted by Gasteiger charge is 2.45. The molecule has 0 saturated carbocycles. The third-order valence-electron chi connectivity index (χ3n) is 4.46. The fraction of sp³-hybridized carbons (Fsp3) is 0.250. The second kappa shape index (κ2) is 7.90. The van der Waals surface area contributed by atoms with E-state index < -0.39 is 5.79 Å². The summed E-state index contributed by atoms with van der Waals surface area (Å²) in [6, 6.07) is 15.4. The predicted molar refractivity (Wildman–Crippen MR) is 106 cm³/mol. The molecular weight excluding hydrogens is 385 g/mol. The quantitative estimate of drug-likeness (QED) is 0.654. The van der Waals surface area contributed by atoms with E-state index in [0.717, 1.165) is 11.3 Å². The fourth-order valence-electron chi connectivity index (χ4n) is 3.18. The van der Waals surface area contributed by atoms with E-state index in [9.17, 15) is 0 Å². The molecule has 2 unspecified atom stereocenters. The molecule has 1 N–H and O–H groups in total. The van der Waals surface area contributed by atoms with Crippen molar-refractivity contribution in [2.45, 2.75) is 18.4 Å². The molecule has 0 bridgehead atoms. The third kappa shape index (κ3) is 4.12. The van der Waals surface area contributed by atoms with Crippen LogP contribution in [0.2, 0.25) is 10.0 Å². The van der Waals surface area contributed by atoms with Crippen molar-refractivity contribution in [1.82, 2.24) is 9.55 Å². The Morgan fingerprint density at radius 3 is 2.78 bits per heavy atom. The zero-order valence-electron chi connectivity index (χ0n) is 14.5. The van der Waals surface area contributed by atoms with Gasteiger partial charge >= 0.3 is 0 Å². The number of benzene rings is 2. The molecule has 3 aromatic rings. The zero-order valence-corrected chi connectivity index (χ0v) is 16.0. The van der Waals surface area contributed by atoms with Crippen LogP contribution in [-0.2, 0) is 21.8 Å². The largest absolute Gasteiger partial charge is 0.382 e. The van der Waals surface area contributed by atoms with Crippen molar-refractivity contribution >= 4 is 28.9 Å². The fourth-order valence-corrected chi connectivity index (χ4v) is 3.73. The standard InChI is InChI=1S/C20H19Cl2N3O2/c21-15-6-7-18(19(22)10-15)20(13-25-9-8-23-14-25)26-12-17(27-20)11-24-16-4-2-1-3-5-16/h1-10,14,17,24H,11-13H2. The minimum absolute atomic E-state index is 0.125. The molecular formula is C20H19Cl2N3O2.